The van der Waals surface area contributed by atoms with Gasteiger partial charge in [-0.25, -0.2) is 8.78 Å². The van der Waals surface area contributed by atoms with E-state index in [4.69, 9.17) is 10.00 Å². The number of hydrogen-bond acceptors (Lipinski definition) is 3. The molecule has 3 nitrogen and oxygen atoms in total. The molecular formula is C18H9F6NO2. The molecule has 4 rings (SSSR count). The van der Waals surface area contributed by atoms with Crippen molar-refractivity contribution in [3.63, 3.8) is 0 Å². The van der Waals surface area contributed by atoms with Crippen molar-refractivity contribution in [3.8, 4) is 17.6 Å². The van der Waals surface area contributed by atoms with E-state index in [1.165, 1.54) is 0 Å². The summed E-state index contributed by atoms with van der Waals surface area (Å²) >= 11 is 0. The van der Waals surface area contributed by atoms with Crippen LogP contribution in [0.5, 0.6) is 11.5 Å². The Balaban J connectivity index is 1.87. The fourth-order valence-corrected chi connectivity index (χ4v) is 3.68. The van der Waals surface area contributed by atoms with Gasteiger partial charge in [0.1, 0.15) is 23.5 Å². The van der Waals surface area contributed by atoms with Crippen LogP contribution < -0.4 is 4.74 Å². The van der Waals surface area contributed by atoms with Crippen molar-refractivity contribution in [1.29, 1.82) is 5.26 Å². The van der Waals surface area contributed by atoms with Gasteiger partial charge in [0.15, 0.2) is 5.60 Å². The van der Waals surface area contributed by atoms with E-state index < -0.39 is 47.0 Å². The third-order valence-electron chi connectivity index (χ3n) is 4.93. The Labute approximate surface area is 148 Å². The fraction of sp³-hybridized carbons (Fsp3) is 0.278. The predicted molar refractivity (Wildman–Crippen MR) is 79.0 cm³/mol. The first-order valence-electron chi connectivity index (χ1n) is 7.71. The molecule has 2 aromatic carbocycles. The minimum Gasteiger partial charge on any atom is -0.457 e. The van der Waals surface area contributed by atoms with Crippen molar-refractivity contribution in [2.45, 2.75) is 30.0 Å². The maximum atomic E-state index is 14.3. The summed E-state index contributed by atoms with van der Waals surface area (Å²) in [7, 11) is 0. The second-order valence-corrected chi connectivity index (χ2v) is 6.44. The van der Waals surface area contributed by atoms with Crippen LogP contribution in [-0.4, -0.2) is 17.2 Å². The first kappa shape index (κ1) is 17.7. The molecule has 0 unspecified atom stereocenters. The van der Waals surface area contributed by atoms with E-state index in [0.717, 1.165) is 24.3 Å². The number of alkyl halides is 5. The number of nitriles is 1. The summed E-state index contributed by atoms with van der Waals surface area (Å²) in [5.41, 5.74) is -6.20. The average Bonchev–Trinajstić information content (AvgIpc) is 2.93. The molecule has 0 saturated carbocycles. The molecule has 0 aromatic heterocycles. The summed E-state index contributed by atoms with van der Waals surface area (Å²) < 4.78 is 89.8. The van der Waals surface area contributed by atoms with Crippen LogP contribution in [0.3, 0.4) is 0 Å². The molecule has 0 fully saturated rings. The Morgan fingerprint density at radius 2 is 1.85 bits per heavy atom. The maximum absolute atomic E-state index is 14.3. The molecule has 0 heterocycles. The Morgan fingerprint density at radius 1 is 1.15 bits per heavy atom. The predicted octanol–water partition coefficient (Wildman–Crippen LogP) is 4.31. The minimum absolute atomic E-state index is 0.0967. The molecule has 0 saturated heterocycles. The summed E-state index contributed by atoms with van der Waals surface area (Å²) in [4.78, 5) is 0. The largest absolute Gasteiger partial charge is 0.457 e. The highest BCUT2D eigenvalue weighted by Crippen LogP contribution is 2.66. The second kappa shape index (κ2) is 5.16. The lowest BCUT2D eigenvalue weighted by Crippen LogP contribution is -2.53. The van der Waals surface area contributed by atoms with Gasteiger partial charge in [-0.15, -0.1) is 0 Å². The van der Waals surface area contributed by atoms with Crippen LogP contribution in [0.15, 0.2) is 30.3 Å². The molecule has 1 N–H and O–H groups in total. The number of nitrogens with zero attached hydrogens (tertiary/aromatic N) is 1. The van der Waals surface area contributed by atoms with Gasteiger partial charge in [0.25, 0.3) is 0 Å². The van der Waals surface area contributed by atoms with E-state index >= 15 is 0 Å². The minimum atomic E-state index is -5.04. The summed E-state index contributed by atoms with van der Waals surface area (Å²) in [6, 6.07) is 6.19. The molecule has 9 heteroatoms. The molecular weight excluding hydrogens is 376 g/mol. The van der Waals surface area contributed by atoms with Gasteiger partial charge in [-0.3, -0.25) is 0 Å². The molecule has 0 amide bonds. The summed E-state index contributed by atoms with van der Waals surface area (Å²) in [6.45, 7) is 0. The molecule has 2 atom stereocenters. The molecule has 0 radical (unpaired) electrons. The molecule has 140 valence electrons. The lowest BCUT2D eigenvalue weighted by atomic mass is 9.93. The van der Waals surface area contributed by atoms with Gasteiger partial charge in [-0.05, 0) is 24.3 Å². The lowest BCUT2D eigenvalue weighted by molar-refractivity contribution is -0.298. The molecule has 2 aliphatic carbocycles. The van der Waals surface area contributed by atoms with Gasteiger partial charge in [0.2, 0.25) is 0 Å². The molecule has 0 aliphatic heterocycles. The normalized spacial score (nSPS) is 26.5. The molecule has 2 aromatic rings. The molecule has 27 heavy (non-hydrogen) atoms. The average molecular weight is 385 g/mol. The number of aliphatic hydroxyl groups is 1. The summed E-state index contributed by atoms with van der Waals surface area (Å²) in [6.07, 6.45) is -3.46. The maximum Gasteiger partial charge on any atom is 0.349 e. The first-order chi connectivity index (χ1) is 12.5. The van der Waals surface area contributed by atoms with E-state index in [9.17, 15) is 31.4 Å². The van der Waals surface area contributed by atoms with Crippen molar-refractivity contribution in [1.82, 2.24) is 0 Å². The second-order valence-electron chi connectivity index (χ2n) is 6.44. The van der Waals surface area contributed by atoms with Crippen molar-refractivity contribution in [2.24, 2.45) is 0 Å². The highest BCUT2D eigenvalue weighted by Gasteiger charge is 2.81. The number of benzene rings is 2. The van der Waals surface area contributed by atoms with E-state index in [1.54, 1.807) is 6.07 Å². The topological polar surface area (TPSA) is 53.2 Å². The standard InChI is InChI=1S/C18H9F6NO2/c19-9-3-8(7-25)4-10(5-9)27-13-2-1-12-15-11(13)6-14(20)16(15,26)18(23,24)17(12,21)22/h1-5,14,26H,6H2/t14-,16-/m1/s1. The highest BCUT2D eigenvalue weighted by molar-refractivity contribution is 5.60. The van der Waals surface area contributed by atoms with E-state index in [0.29, 0.717) is 6.07 Å². The number of hydrogen-bond donors (Lipinski definition) is 1. The Morgan fingerprint density at radius 3 is 2.52 bits per heavy atom. The lowest BCUT2D eigenvalue weighted by Gasteiger charge is -2.31. The van der Waals surface area contributed by atoms with E-state index in [2.05, 4.69) is 0 Å². The molecule has 0 bridgehead atoms. The van der Waals surface area contributed by atoms with Crippen LogP contribution in [0.25, 0.3) is 0 Å². The third-order valence-corrected chi connectivity index (χ3v) is 4.93. The quantitative estimate of drug-likeness (QED) is 0.784. The monoisotopic (exact) mass is 385 g/mol. The van der Waals surface area contributed by atoms with Crippen LogP contribution >= 0.6 is 0 Å². The summed E-state index contributed by atoms with van der Waals surface area (Å²) in [5.74, 6) is -11.1. The zero-order valence-corrected chi connectivity index (χ0v) is 13.2. The zero-order valence-electron chi connectivity index (χ0n) is 13.2. The highest BCUT2D eigenvalue weighted by atomic mass is 19.3. The van der Waals surface area contributed by atoms with Gasteiger partial charge >= 0.3 is 11.8 Å². The number of halogens is 6. The van der Waals surface area contributed by atoms with Crippen molar-refractivity contribution in [2.75, 3.05) is 0 Å². The van der Waals surface area contributed by atoms with Gasteiger partial charge in [-0.1, -0.05) is 0 Å². The molecule has 0 spiro atoms. The number of rotatable bonds is 2. The Bertz CT molecular complexity index is 1020. The summed E-state index contributed by atoms with van der Waals surface area (Å²) in [5, 5.41) is 19.0. The van der Waals surface area contributed by atoms with Crippen molar-refractivity contribution >= 4 is 0 Å². The number of ether oxygens (including phenoxy) is 1. The van der Waals surface area contributed by atoms with Crippen LogP contribution in [0, 0.1) is 17.1 Å². The third kappa shape index (κ3) is 2.02. The van der Waals surface area contributed by atoms with Crippen LogP contribution in [0.2, 0.25) is 0 Å². The SMILES string of the molecule is N#Cc1cc(F)cc(Oc2ccc3c4c2C[C@@H](F)[C@]4(O)C(F)(F)C3(F)F)c1. The van der Waals surface area contributed by atoms with Gasteiger partial charge in [0.05, 0.1) is 11.6 Å². The van der Waals surface area contributed by atoms with E-state index in [-0.39, 0.29) is 22.6 Å². The van der Waals surface area contributed by atoms with Crippen molar-refractivity contribution in [3.05, 3.63) is 58.4 Å². The van der Waals surface area contributed by atoms with E-state index in [1.807, 2.05) is 0 Å². The first-order valence-corrected chi connectivity index (χ1v) is 7.71. The van der Waals surface area contributed by atoms with Gasteiger partial charge < -0.3 is 9.84 Å². The van der Waals surface area contributed by atoms with Gasteiger partial charge in [-0.2, -0.15) is 22.8 Å². The molecule has 2 aliphatic rings. The van der Waals surface area contributed by atoms with Crippen LogP contribution in [0.1, 0.15) is 22.3 Å². The smallest absolute Gasteiger partial charge is 0.349 e. The van der Waals surface area contributed by atoms with Crippen LogP contribution in [0.4, 0.5) is 26.3 Å². The zero-order chi connectivity index (χ0) is 19.8. The van der Waals surface area contributed by atoms with Crippen LogP contribution in [-0.2, 0) is 17.9 Å². The Kier molecular flexibility index (Phi) is 3.38. The van der Waals surface area contributed by atoms with Gasteiger partial charge in [0, 0.05) is 29.2 Å². The van der Waals surface area contributed by atoms with Crippen molar-refractivity contribution < 1.29 is 36.2 Å². The fourth-order valence-electron chi connectivity index (χ4n) is 3.68. The Hall–Kier alpha value is -2.73.